The Morgan fingerprint density at radius 2 is 1.88 bits per heavy atom. The summed E-state index contributed by atoms with van der Waals surface area (Å²) >= 11 is 6.38. The number of rotatable bonds is 5. The normalized spacial score (nSPS) is 25.8. The molecule has 1 aromatic carbocycles. The molecule has 10 nitrogen and oxygen atoms in total. The van der Waals surface area contributed by atoms with Crippen LogP contribution in [-0.2, 0) is 23.1 Å². The van der Waals surface area contributed by atoms with Gasteiger partial charge in [-0.3, -0.25) is 18.7 Å². The molecule has 1 unspecified atom stereocenters. The topological polar surface area (TPSA) is 101 Å². The first-order valence-electron chi connectivity index (χ1n) is 10.4. The molecule has 182 valence electrons. The Kier molecular flexibility index (Phi) is 7.11. The van der Waals surface area contributed by atoms with Gasteiger partial charge in [-0.1, -0.05) is 0 Å². The molecule has 3 aliphatic rings. The summed E-state index contributed by atoms with van der Waals surface area (Å²) in [6.07, 6.45) is -0.772. The molecular formula is C19H24ClF2N4O6P. The number of halogens is 3. The first-order valence-corrected chi connectivity index (χ1v) is 12.4. The fraction of sp³-hybridized carbons (Fsp3) is 0.579. The van der Waals surface area contributed by atoms with Crippen LogP contribution in [0.25, 0.3) is 0 Å². The Bertz CT molecular complexity index is 955. The van der Waals surface area contributed by atoms with Gasteiger partial charge in [0.15, 0.2) is 11.6 Å². The zero-order chi connectivity index (χ0) is 23.8. The lowest BCUT2D eigenvalue weighted by Gasteiger charge is -2.42. The number of alkyl halides is 1. The van der Waals surface area contributed by atoms with E-state index >= 15 is 8.78 Å². The average Bonchev–Trinajstić information content (AvgIpc) is 3.13. The highest BCUT2D eigenvalue weighted by atomic mass is 35.5. The van der Waals surface area contributed by atoms with Gasteiger partial charge in [-0.05, 0) is 6.42 Å². The fourth-order valence-corrected chi connectivity index (χ4v) is 6.31. The summed E-state index contributed by atoms with van der Waals surface area (Å²) in [5, 5.41) is 2.54. The molecule has 2 atom stereocenters. The maximum absolute atomic E-state index is 15.0. The molecule has 0 radical (unpaired) electrons. The number of hydrogen-bond donors (Lipinski definition) is 1. The minimum absolute atomic E-state index is 0.00132. The molecular weight excluding hydrogens is 485 g/mol. The number of piperazine rings is 1. The number of carbonyl (C=O) groups excluding carboxylic acids is 2. The predicted octanol–water partition coefficient (Wildman–Crippen LogP) is 2.66. The van der Waals surface area contributed by atoms with Crippen molar-refractivity contribution in [2.24, 2.45) is 0 Å². The molecule has 14 heteroatoms. The molecule has 0 saturated carbocycles. The number of cyclic esters (lactones) is 1. The number of benzene rings is 1. The maximum atomic E-state index is 15.0. The Balaban J connectivity index is 1.46. The van der Waals surface area contributed by atoms with Gasteiger partial charge in [-0.25, -0.2) is 18.1 Å². The minimum Gasteiger partial charge on any atom is -0.442 e. The van der Waals surface area contributed by atoms with E-state index in [9.17, 15) is 14.2 Å². The second-order valence-electron chi connectivity index (χ2n) is 7.84. The van der Waals surface area contributed by atoms with Crippen molar-refractivity contribution in [3.8, 4) is 0 Å². The number of nitrogens with one attached hydrogen (secondary N) is 1. The third-order valence-electron chi connectivity index (χ3n) is 5.49. The highest BCUT2D eigenvalue weighted by molar-refractivity contribution is 7.51. The third kappa shape index (κ3) is 5.09. The Hall–Kier alpha value is -1.98. The van der Waals surface area contributed by atoms with Gasteiger partial charge in [0, 0.05) is 38.7 Å². The second kappa shape index (κ2) is 9.71. The number of hydrogen-bond acceptors (Lipinski definition) is 7. The van der Waals surface area contributed by atoms with E-state index in [1.54, 1.807) is 0 Å². The third-order valence-corrected chi connectivity index (χ3v) is 8.12. The van der Waals surface area contributed by atoms with Crippen molar-refractivity contribution in [1.29, 1.82) is 0 Å². The van der Waals surface area contributed by atoms with Crippen molar-refractivity contribution in [2.75, 3.05) is 55.7 Å². The van der Waals surface area contributed by atoms with Crippen molar-refractivity contribution in [2.45, 2.75) is 24.9 Å². The number of amides is 2. The van der Waals surface area contributed by atoms with E-state index in [4.69, 9.17) is 25.4 Å². The summed E-state index contributed by atoms with van der Waals surface area (Å²) in [6, 6.07) is 2.09. The van der Waals surface area contributed by atoms with Gasteiger partial charge in [0.25, 0.3) is 0 Å². The van der Waals surface area contributed by atoms with Gasteiger partial charge in [0.05, 0.1) is 32.0 Å². The van der Waals surface area contributed by atoms with E-state index in [0.29, 0.717) is 6.42 Å². The van der Waals surface area contributed by atoms with Crippen molar-refractivity contribution < 1.29 is 36.7 Å². The van der Waals surface area contributed by atoms with Gasteiger partial charge in [-0.2, -0.15) is 4.67 Å². The van der Waals surface area contributed by atoms with E-state index in [0.717, 1.165) is 17.0 Å². The quantitative estimate of drug-likeness (QED) is 0.368. The summed E-state index contributed by atoms with van der Waals surface area (Å²) in [5.74, 6) is -2.04. The summed E-state index contributed by atoms with van der Waals surface area (Å²) < 4.78 is 60.0. The molecule has 1 N–H and O–H groups in total. The molecule has 0 aromatic heterocycles. The van der Waals surface area contributed by atoms with Gasteiger partial charge in [0.1, 0.15) is 17.3 Å². The van der Waals surface area contributed by atoms with Crippen LogP contribution in [0.15, 0.2) is 12.1 Å². The summed E-state index contributed by atoms with van der Waals surface area (Å²) in [4.78, 5) is 25.7. The Morgan fingerprint density at radius 1 is 1.21 bits per heavy atom. The smallest absolute Gasteiger partial charge is 0.414 e. The van der Waals surface area contributed by atoms with Crippen LogP contribution < -0.4 is 15.1 Å². The van der Waals surface area contributed by atoms with E-state index in [1.807, 2.05) is 0 Å². The van der Waals surface area contributed by atoms with Crippen LogP contribution in [0.5, 0.6) is 0 Å². The first-order chi connectivity index (χ1) is 15.7. The van der Waals surface area contributed by atoms with E-state index < -0.39 is 37.1 Å². The number of ether oxygens (including phenoxy) is 1. The number of carbonyl (C=O) groups is 2. The first kappa shape index (κ1) is 24.2. The molecule has 4 rings (SSSR count). The van der Waals surface area contributed by atoms with Crippen LogP contribution in [0.3, 0.4) is 0 Å². The van der Waals surface area contributed by atoms with Crippen molar-refractivity contribution in [1.82, 2.24) is 9.99 Å². The second-order valence-corrected chi connectivity index (χ2v) is 10.3. The summed E-state index contributed by atoms with van der Waals surface area (Å²) in [7, 11) is -3.53. The fourth-order valence-electron chi connectivity index (χ4n) is 3.92. The van der Waals surface area contributed by atoms with Gasteiger partial charge >= 0.3 is 13.8 Å². The van der Waals surface area contributed by atoms with Crippen LogP contribution in [0.4, 0.5) is 25.0 Å². The van der Waals surface area contributed by atoms with Crippen molar-refractivity contribution in [3.05, 3.63) is 23.8 Å². The largest absolute Gasteiger partial charge is 0.442 e. The molecule has 3 fully saturated rings. The molecule has 0 spiro atoms. The van der Waals surface area contributed by atoms with Crippen LogP contribution in [0, 0.1) is 11.6 Å². The van der Waals surface area contributed by atoms with Gasteiger partial charge < -0.3 is 15.0 Å². The maximum Gasteiger partial charge on any atom is 0.414 e. The molecule has 3 heterocycles. The standard InChI is InChI=1S/C19H24ClF2N4O6P/c1-12(27)23-9-14-10-25(19(28)32-14)13-7-15(21)18(16(22)8-13)24-3-4-26(17(20)11-24)33(29)30-5-2-6-31-33/h7-8,14,17H,2-6,9-11H2,1H3,(H,23,27)/t14?,17-/m1/s1. The molecule has 0 aliphatic carbocycles. The lowest BCUT2D eigenvalue weighted by molar-refractivity contribution is -0.119. The van der Waals surface area contributed by atoms with Crippen LogP contribution >= 0.6 is 19.3 Å². The number of anilines is 2. The highest BCUT2D eigenvalue weighted by Gasteiger charge is 2.43. The lowest BCUT2D eigenvalue weighted by Crippen LogP contribution is -2.50. The highest BCUT2D eigenvalue weighted by Crippen LogP contribution is 2.56. The molecule has 33 heavy (non-hydrogen) atoms. The molecule has 3 aliphatic heterocycles. The summed E-state index contributed by atoms with van der Waals surface area (Å²) in [5.41, 5.74) is -1.15. The van der Waals surface area contributed by atoms with Crippen molar-refractivity contribution >= 4 is 42.7 Å². The van der Waals surface area contributed by atoms with Gasteiger partial charge in [0.2, 0.25) is 5.91 Å². The molecule has 2 amide bonds. The van der Waals surface area contributed by atoms with Gasteiger partial charge in [-0.15, -0.1) is 11.6 Å². The van der Waals surface area contributed by atoms with Crippen molar-refractivity contribution in [3.63, 3.8) is 0 Å². The zero-order valence-electron chi connectivity index (χ0n) is 17.8. The van der Waals surface area contributed by atoms with E-state index in [2.05, 4.69) is 5.32 Å². The Labute approximate surface area is 194 Å². The summed E-state index contributed by atoms with van der Waals surface area (Å²) in [6.45, 7) is 2.28. The van der Waals surface area contributed by atoms with E-state index in [1.165, 1.54) is 16.5 Å². The minimum atomic E-state index is -3.53. The Morgan fingerprint density at radius 3 is 2.48 bits per heavy atom. The SMILES string of the molecule is CC(=O)NCC1CN(c2cc(F)c(N3CCN(P4(=O)OCCCO4)[C@@H](Cl)C3)c(F)c2)C(=O)O1. The molecule has 0 bridgehead atoms. The van der Waals surface area contributed by atoms with Crippen LogP contribution in [0.1, 0.15) is 13.3 Å². The van der Waals surface area contributed by atoms with Crippen LogP contribution in [-0.4, -0.2) is 74.2 Å². The van der Waals surface area contributed by atoms with E-state index in [-0.39, 0.29) is 63.2 Å². The number of nitrogens with zero attached hydrogens (tertiary/aromatic N) is 3. The van der Waals surface area contributed by atoms with Crippen LogP contribution in [0.2, 0.25) is 0 Å². The predicted molar refractivity (Wildman–Crippen MR) is 115 cm³/mol. The zero-order valence-corrected chi connectivity index (χ0v) is 19.5. The molecule has 3 saturated heterocycles. The lowest BCUT2D eigenvalue weighted by atomic mass is 10.2. The molecule has 1 aromatic rings. The average molecular weight is 509 g/mol. The monoisotopic (exact) mass is 508 g/mol.